The van der Waals surface area contributed by atoms with Crippen molar-refractivity contribution >= 4 is 11.4 Å². The number of nitrogens with two attached hydrogens (primary N) is 1. The van der Waals surface area contributed by atoms with Crippen LogP contribution in [0.3, 0.4) is 0 Å². The molecular weight excluding hydrogens is 432 g/mol. The number of nitrogen functional groups attached to an aromatic ring is 1. The van der Waals surface area contributed by atoms with Crippen molar-refractivity contribution in [1.82, 2.24) is 9.97 Å². The fraction of sp³-hybridized carbons (Fsp3) is 0.154. The van der Waals surface area contributed by atoms with Crippen molar-refractivity contribution in [2.45, 2.75) is 26.7 Å². The molecule has 4 rings (SSSR count). The van der Waals surface area contributed by atoms with E-state index < -0.39 is 4.92 Å². The lowest BCUT2D eigenvalue weighted by atomic mass is 10.0. The van der Waals surface area contributed by atoms with E-state index in [9.17, 15) is 10.1 Å². The molecule has 8 heteroatoms. The van der Waals surface area contributed by atoms with Crippen LogP contribution in [0.25, 0.3) is 22.6 Å². The molecule has 4 aromatic rings. The summed E-state index contributed by atoms with van der Waals surface area (Å²) in [6.07, 6.45) is 7.38. The van der Waals surface area contributed by atoms with Gasteiger partial charge in [-0.15, -0.1) is 0 Å². The molecular formula is C26H22N4O4. The molecule has 2 aromatic heterocycles. The summed E-state index contributed by atoms with van der Waals surface area (Å²) >= 11 is 0. The van der Waals surface area contributed by atoms with Gasteiger partial charge in [0.1, 0.15) is 0 Å². The van der Waals surface area contributed by atoms with E-state index in [4.69, 9.17) is 14.6 Å². The fourth-order valence-corrected chi connectivity index (χ4v) is 2.90. The first-order valence-corrected chi connectivity index (χ1v) is 10.5. The van der Waals surface area contributed by atoms with Gasteiger partial charge in [-0.2, -0.15) is 0 Å². The minimum absolute atomic E-state index is 0.00319. The van der Waals surface area contributed by atoms with Gasteiger partial charge < -0.3 is 14.6 Å². The predicted octanol–water partition coefficient (Wildman–Crippen LogP) is 5.70. The van der Waals surface area contributed by atoms with Gasteiger partial charge in [0.2, 0.25) is 0 Å². The first-order valence-electron chi connectivity index (χ1n) is 10.5. The Balaban J connectivity index is 0.000000192. The molecule has 0 saturated carbocycles. The van der Waals surface area contributed by atoms with Crippen LogP contribution in [0.4, 0.5) is 11.4 Å². The van der Waals surface area contributed by atoms with Crippen molar-refractivity contribution in [2.24, 2.45) is 0 Å². The highest BCUT2D eigenvalue weighted by molar-refractivity contribution is 5.71. The second kappa shape index (κ2) is 11.7. The number of nitro benzene ring substituents is 1. The van der Waals surface area contributed by atoms with Crippen molar-refractivity contribution in [3.05, 3.63) is 82.8 Å². The Morgan fingerprint density at radius 3 is 1.88 bits per heavy atom. The van der Waals surface area contributed by atoms with Gasteiger partial charge in [0, 0.05) is 52.9 Å². The molecule has 0 bridgehead atoms. The summed E-state index contributed by atoms with van der Waals surface area (Å²) in [4.78, 5) is 18.0. The normalized spacial score (nSPS) is 9.59. The first kappa shape index (κ1) is 23.8. The monoisotopic (exact) mass is 454 g/mol. The van der Waals surface area contributed by atoms with Crippen LogP contribution in [0.5, 0.6) is 0 Å². The number of non-ortho nitro benzene ring substituents is 1. The lowest BCUT2D eigenvalue weighted by Crippen LogP contribution is -1.90. The number of hydrogen-bond acceptors (Lipinski definition) is 7. The van der Waals surface area contributed by atoms with Crippen molar-refractivity contribution in [3.8, 4) is 46.3 Å². The van der Waals surface area contributed by atoms with Crippen LogP contribution in [-0.2, 0) is 0 Å². The third-order valence-corrected chi connectivity index (χ3v) is 4.45. The van der Waals surface area contributed by atoms with E-state index in [-0.39, 0.29) is 5.69 Å². The number of hydrogen-bond donors (Lipinski definition) is 1. The molecule has 0 saturated heterocycles. The van der Waals surface area contributed by atoms with Gasteiger partial charge >= 0.3 is 0 Å². The summed E-state index contributed by atoms with van der Waals surface area (Å²) in [5, 5.41) is 10.8. The zero-order valence-corrected chi connectivity index (χ0v) is 18.7. The lowest BCUT2D eigenvalue weighted by molar-refractivity contribution is -0.384. The summed E-state index contributed by atoms with van der Waals surface area (Å²) in [6.45, 7) is 3.95. The Hall–Kier alpha value is -4.82. The van der Waals surface area contributed by atoms with E-state index in [1.165, 1.54) is 31.1 Å². The van der Waals surface area contributed by atoms with Crippen LogP contribution < -0.4 is 5.73 Å². The van der Waals surface area contributed by atoms with Crippen LogP contribution in [0.2, 0.25) is 0 Å². The molecule has 0 aliphatic heterocycles. The quantitative estimate of drug-likeness (QED) is 0.182. The molecule has 2 heterocycles. The van der Waals surface area contributed by atoms with E-state index in [0.717, 1.165) is 17.5 Å². The van der Waals surface area contributed by atoms with Crippen LogP contribution in [0.15, 0.2) is 70.4 Å². The zero-order chi connectivity index (χ0) is 24.3. The third kappa shape index (κ3) is 6.12. The Morgan fingerprint density at radius 1 is 0.882 bits per heavy atom. The third-order valence-electron chi connectivity index (χ3n) is 4.45. The van der Waals surface area contributed by atoms with E-state index in [0.29, 0.717) is 34.8 Å². The molecule has 170 valence electrons. The van der Waals surface area contributed by atoms with E-state index >= 15 is 0 Å². The molecule has 2 N–H and O–H groups in total. The van der Waals surface area contributed by atoms with Gasteiger partial charge in [0.25, 0.3) is 5.69 Å². The smallest absolute Gasteiger partial charge is 0.270 e. The van der Waals surface area contributed by atoms with Gasteiger partial charge in [-0.1, -0.05) is 37.5 Å². The van der Waals surface area contributed by atoms with Gasteiger partial charge in [0.05, 0.1) is 17.3 Å². The second-order valence-electron chi connectivity index (χ2n) is 6.83. The number of aromatic nitrogens is 2. The molecule has 0 spiro atoms. The molecule has 34 heavy (non-hydrogen) atoms. The average Bonchev–Trinajstić information content (AvgIpc) is 3.57. The summed E-state index contributed by atoms with van der Waals surface area (Å²) in [5.74, 6) is 13.2. The minimum atomic E-state index is -0.448. The molecule has 0 fully saturated rings. The van der Waals surface area contributed by atoms with E-state index in [1.54, 1.807) is 12.3 Å². The van der Waals surface area contributed by atoms with Crippen LogP contribution >= 0.6 is 0 Å². The van der Waals surface area contributed by atoms with Crippen LogP contribution in [0.1, 0.15) is 37.8 Å². The number of rotatable bonds is 3. The Bertz CT molecular complexity index is 1370. The van der Waals surface area contributed by atoms with E-state index in [1.807, 2.05) is 32.0 Å². The van der Waals surface area contributed by atoms with Crippen LogP contribution in [0, 0.1) is 33.8 Å². The lowest BCUT2D eigenvalue weighted by Gasteiger charge is -2.02. The number of nitro groups is 1. The first-order chi connectivity index (χ1) is 16.5. The molecule has 0 amide bonds. The standard InChI is InChI=1S/C13H10N2O3.C13H12N2O/c1-2-3-4-10-5-6-11(15(16)17)7-12(10)13-8-14-9-18-13;1-2-3-4-10-5-6-11(14)7-12(10)13-8-15-9-16-13/h5-9H,2H2,1H3;5-9H,2,14H2,1H3. The largest absolute Gasteiger partial charge is 0.443 e. The second-order valence-corrected chi connectivity index (χ2v) is 6.83. The number of anilines is 1. The van der Waals surface area contributed by atoms with Gasteiger partial charge in [-0.25, -0.2) is 9.97 Å². The highest BCUT2D eigenvalue weighted by Gasteiger charge is 2.13. The molecule has 2 aromatic carbocycles. The number of nitrogens with zero attached hydrogens (tertiary/aromatic N) is 3. The highest BCUT2D eigenvalue weighted by Crippen LogP contribution is 2.27. The van der Waals surface area contributed by atoms with Crippen molar-refractivity contribution in [2.75, 3.05) is 5.73 Å². The highest BCUT2D eigenvalue weighted by atomic mass is 16.6. The summed E-state index contributed by atoms with van der Waals surface area (Å²) in [6, 6.07) is 10.1. The maximum atomic E-state index is 10.8. The van der Waals surface area contributed by atoms with Crippen molar-refractivity contribution in [1.29, 1.82) is 0 Å². The minimum Gasteiger partial charge on any atom is -0.443 e. The molecule has 0 aliphatic carbocycles. The maximum Gasteiger partial charge on any atom is 0.270 e. The van der Waals surface area contributed by atoms with E-state index in [2.05, 4.69) is 33.6 Å². The van der Waals surface area contributed by atoms with Gasteiger partial charge in [-0.3, -0.25) is 10.1 Å². The Labute approximate surface area is 197 Å². The zero-order valence-electron chi connectivity index (χ0n) is 18.7. The molecule has 0 atom stereocenters. The molecule has 8 nitrogen and oxygen atoms in total. The number of oxazole rings is 2. The molecule has 0 unspecified atom stereocenters. The Morgan fingerprint density at radius 2 is 1.41 bits per heavy atom. The summed E-state index contributed by atoms with van der Waals surface area (Å²) in [7, 11) is 0. The van der Waals surface area contributed by atoms with Crippen molar-refractivity contribution in [3.63, 3.8) is 0 Å². The van der Waals surface area contributed by atoms with Crippen molar-refractivity contribution < 1.29 is 13.8 Å². The maximum absolute atomic E-state index is 10.8. The summed E-state index contributed by atoms with van der Waals surface area (Å²) in [5.41, 5.74) is 9.52. The van der Waals surface area contributed by atoms with Crippen LogP contribution in [-0.4, -0.2) is 14.9 Å². The van der Waals surface area contributed by atoms with Gasteiger partial charge in [0.15, 0.2) is 24.3 Å². The topological polar surface area (TPSA) is 121 Å². The van der Waals surface area contributed by atoms with Gasteiger partial charge in [-0.05, 0) is 24.3 Å². The fourth-order valence-electron chi connectivity index (χ4n) is 2.90. The average molecular weight is 454 g/mol. The predicted molar refractivity (Wildman–Crippen MR) is 129 cm³/mol. The molecule has 0 aliphatic rings. The number of benzene rings is 2. The summed E-state index contributed by atoms with van der Waals surface area (Å²) < 4.78 is 10.4. The SMILES string of the molecule is CCC#Cc1ccc(N)cc1-c1cnco1.CCC#Cc1ccc([N+](=O)[O-])cc1-c1cnco1. The molecule has 0 radical (unpaired) electrons. The Kier molecular flexibility index (Phi) is 8.20.